The van der Waals surface area contributed by atoms with E-state index in [-0.39, 0.29) is 24.8 Å². The second kappa shape index (κ2) is 8.62. The second-order valence-corrected chi connectivity index (χ2v) is 4.87. The summed E-state index contributed by atoms with van der Waals surface area (Å²) >= 11 is 0. The minimum absolute atomic E-state index is 0.0229. The lowest BCUT2D eigenvalue weighted by molar-refractivity contribution is -0.126. The van der Waals surface area contributed by atoms with E-state index < -0.39 is 0 Å². The van der Waals surface area contributed by atoms with Gasteiger partial charge in [-0.25, -0.2) is 0 Å². The van der Waals surface area contributed by atoms with Gasteiger partial charge in [0.1, 0.15) is 0 Å². The third kappa shape index (κ3) is 5.50. The van der Waals surface area contributed by atoms with Crippen LogP contribution in [-0.4, -0.2) is 40.0 Å². The van der Waals surface area contributed by atoms with Crippen molar-refractivity contribution in [2.24, 2.45) is 0 Å². The maximum atomic E-state index is 11.7. The lowest BCUT2D eigenvalue weighted by Gasteiger charge is -2.04. The van der Waals surface area contributed by atoms with Gasteiger partial charge in [-0.15, -0.1) is 0 Å². The first kappa shape index (κ1) is 16.6. The zero-order valence-corrected chi connectivity index (χ0v) is 12.9. The van der Waals surface area contributed by atoms with Gasteiger partial charge >= 0.3 is 0 Å². The Balaban J connectivity index is 1.75. The molecule has 8 heteroatoms. The van der Waals surface area contributed by atoms with Crippen LogP contribution in [-0.2, 0) is 16.0 Å². The minimum atomic E-state index is -0.236. The molecule has 2 aromatic heterocycles. The van der Waals surface area contributed by atoms with Gasteiger partial charge in [-0.05, 0) is 18.6 Å². The van der Waals surface area contributed by atoms with E-state index in [1.54, 1.807) is 24.5 Å². The molecule has 0 atom stereocenters. The Hall–Kier alpha value is -2.77. The summed E-state index contributed by atoms with van der Waals surface area (Å²) in [6.07, 6.45) is 4.64. The van der Waals surface area contributed by atoms with Crippen LogP contribution in [0.2, 0.25) is 0 Å². The third-order valence-corrected chi connectivity index (χ3v) is 2.99. The van der Waals surface area contributed by atoms with Gasteiger partial charge in [0.2, 0.25) is 23.5 Å². The molecule has 0 unspecified atom stereocenters. The van der Waals surface area contributed by atoms with Crippen LogP contribution < -0.4 is 10.6 Å². The number of nitrogens with one attached hydrogen (secondary N) is 2. The first-order valence-corrected chi connectivity index (χ1v) is 7.45. The van der Waals surface area contributed by atoms with Gasteiger partial charge in [0.05, 0.1) is 6.54 Å². The fourth-order valence-electron chi connectivity index (χ4n) is 1.79. The normalized spacial score (nSPS) is 10.3. The Labute approximate surface area is 133 Å². The molecule has 0 radical (unpaired) electrons. The van der Waals surface area contributed by atoms with Crippen molar-refractivity contribution in [3.8, 4) is 11.4 Å². The summed E-state index contributed by atoms with van der Waals surface area (Å²) in [5, 5.41) is 9.10. The highest BCUT2D eigenvalue weighted by Gasteiger charge is 2.11. The molecule has 0 saturated heterocycles. The molecule has 0 aromatic carbocycles. The van der Waals surface area contributed by atoms with Crippen molar-refractivity contribution in [2.45, 2.75) is 26.2 Å². The van der Waals surface area contributed by atoms with E-state index in [0.29, 0.717) is 24.7 Å². The van der Waals surface area contributed by atoms with Crippen LogP contribution >= 0.6 is 0 Å². The van der Waals surface area contributed by atoms with E-state index in [1.165, 1.54) is 0 Å². The van der Waals surface area contributed by atoms with E-state index in [0.717, 1.165) is 12.0 Å². The first-order valence-electron chi connectivity index (χ1n) is 7.45. The number of carbonyl (C=O) groups excluding carboxylic acids is 2. The van der Waals surface area contributed by atoms with E-state index in [4.69, 9.17) is 4.52 Å². The lowest BCUT2D eigenvalue weighted by Crippen LogP contribution is -2.37. The van der Waals surface area contributed by atoms with Crippen LogP contribution in [0.15, 0.2) is 29.0 Å². The van der Waals surface area contributed by atoms with Crippen molar-refractivity contribution >= 4 is 11.8 Å². The van der Waals surface area contributed by atoms with Crippen molar-refractivity contribution in [1.82, 2.24) is 25.8 Å². The average molecular weight is 317 g/mol. The zero-order chi connectivity index (χ0) is 16.5. The fourth-order valence-corrected chi connectivity index (χ4v) is 1.79. The van der Waals surface area contributed by atoms with E-state index in [1.807, 2.05) is 6.92 Å². The Morgan fingerprint density at radius 1 is 1.17 bits per heavy atom. The first-order chi connectivity index (χ1) is 11.2. The quantitative estimate of drug-likeness (QED) is 0.742. The van der Waals surface area contributed by atoms with E-state index >= 15 is 0 Å². The molecule has 122 valence electrons. The molecule has 2 N–H and O–H groups in total. The van der Waals surface area contributed by atoms with Gasteiger partial charge in [-0.2, -0.15) is 4.98 Å². The minimum Gasteiger partial charge on any atom is -0.355 e. The van der Waals surface area contributed by atoms with Crippen molar-refractivity contribution < 1.29 is 14.1 Å². The molecule has 0 fully saturated rings. The van der Waals surface area contributed by atoms with Gasteiger partial charge in [-0.1, -0.05) is 12.1 Å². The van der Waals surface area contributed by atoms with Crippen molar-refractivity contribution in [2.75, 3.05) is 13.1 Å². The van der Waals surface area contributed by atoms with E-state index in [9.17, 15) is 9.59 Å². The van der Waals surface area contributed by atoms with Crippen molar-refractivity contribution in [1.29, 1.82) is 0 Å². The second-order valence-electron chi connectivity index (χ2n) is 4.87. The Kier molecular flexibility index (Phi) is 6.22. The molecule has 0 aliphatic carbocycles. The number of aromatic nitrogens is 3. The van der Waals surface area contributed by atoms with Crippen molar-refractivity contribution in [3.63, 3.8) is 0 Å². The molecule has 23 heavy (non-hydrogen) atoms. The summed E-state index contributed by atoms with van der Waals surface area (Å²) in [6, 6.07) is 3.55. The van der Waals surface area contributed by atoms with Crippen LogP contribution in [0.25, 0.3) is 11.4 Å². The number of rotatable bonds is 8. The standard InChI is InChI=1S/C15H19N5O3/c1-2-7-17-13(22)10-18-12(21)3-4-14-19-15(20-23-14)11-5-8-16-9-6-11/h5-6,8-9H,2-4,7,10H2,1H3,(H,17,22)(H,18,21). The van der Waals surface area contributed by atoms with Gasteiger partial charge < -0.3 is 15.2 Å². The van der Waals surface area contributed by atoms with Gasteiger partial charge in [-0.3, -0.25) is 14.6 Å². The highest BCUT2D eigenvalue weighted by Crippen LogP contribution is 2.14. The predicted molar refractivity (Wildman–Crippen MR) is 82.2 cm³/mol. The molecule has 0 spiro atoms. The maximum Gasteiger partial charge on any atom is 0.239 e. The van der Waals surface area contributed by atoms with Crippen LogP contribution in [0.5, 0.6) is 0 Å². The zero-order valence-electron chi connectivity index (χ0n) is 12.9. The number of pyridine rings is 1. The number of hydrogen-bond acceptors (Lipinski definition) is 6. The molecule has 8 nitrogen and oxygen atoms in total. The van der Waals surface area contributed by atoms with Gasteiger partial charge in [0, 0.05) is 37.3 Å². The summed E-state index contributed by atoms with van der Waals surface area (Å²) in [5.41, 5.74) is 0.798. The topological polar surface area (TPSA) is 110 Å². The fraction of sp³-hybridized carbons (Fsp3) is 0.400. The van der Waals surface area contributed by atoms with Crippen LogP contribution in [0, 0.1) is 0 Å². The molecule has 0 aliphatic rings. The van der Waals surface area contributed by atoms with Crippen molar-refractivity contribution in [3.05, 3.63) is 30.4 Å². The van der Waals surface area contributed by atoms with Crippen LogP contribution in [0.1, 0.15) is 25.7 Å². The molecule has 0 aliphatic heterocycles. The van der Waals surface area contributed by atoms with Gasteiger partial charge in [0.25, 0.3) is 0 Å². The SMILES string of the molecule is CCCNC(=O)CNC(=O)CCc1nc(-c2ccncc2)no1. The summed E-state index contributed by atoms with van der Waals surface area (Å²) in [4.78, 5) is 31.2. The number of amides is 2. The lowest BCUT2D eigenvalue weighted by atomic mass is 10.2. The highest BCUT2D eigenvalue weighted by atomic mass is 16.5. The predicted octanol–water partition coefficient (Wildman–Crippen LogP) is 0.707. The summed E-state index contributed by atoms with van der Waals surface area (Å²) < 4.78 is 5.11. The molecule has 2 rings (SSSR count). The number of hydrogen-bond donors (Lipinski definition) is 2. The van der Waals surface area contributed by atoms with E-state index in [2.05, 4.69) is 25.8 Å². The Morgan fingerprint density at radius 2 is 1.96 bits per heavy atom. The molecule has 2 heterocycles. The molecule has 0 bridgehead atoms. The smallest absolute Gasteiger partial charge is 0.239 e. The van der Waals surface area contributed by atoms with Gasteiger partial charge in [0.15, 0.2) is 0 Å². The Morgan fingerprint density at radius 3 is 2.70 bits per heavy atom. The molecular weight excluding hydrogens is 298 g/mol. The maximum absolute atomic E-state index is 11.7. The summed E-state index contributed by atoms with van der Waals surface area (Å²) in [7, 11) is 0. The molecule has 2 aromatic rings. The molecule has 2 amide bonds. The summed E-state index contributed by atoms with van der Waals surface area (Å²) in [5.74, 6) is 0.405. The number of carbonyl (C=O) groups is 2. The number of nitrogens with zero attached hydrogens (tertiary/aromatic N) is 3. The van der Waals surface area contributed by atoms with Crippen LogP contribution in [0.4, 0.5) is 0 Å². The van der Waals surface area contributed by atoms with Crippen LogP contribution in [0.3, 0.4) is 0 Å². The summed E-state index contributed by atoms with van der Waals surface area (Å²) in [6.45, 7) is 2.54. The Bertz CT molecular complexity index is 642. The highest BCUT2D eigenvalue weighted by molar-refractivity contribution is 5.84. The molecular formula is C15H19N5O3. The monoisotopic (exact) mass is 317 g/mol. The average Bonchev–Trinajstić information content (AvgIpc) is 3.06. The third-order valence-electron chi connectivity index (χ3n) is 2.99. The molecule has 0 saturated carbocycles. The number of aryl methyl sites for hydroxylation is 1. The largest absolute Gasteiger partial charge is 0.355 e.